The predicted octanol–water partition coefficient (Wildman–Crippen LogP) is 3.82. The quantitative estimate of drug-likeness (QED) is 0.851. The summed E-state index contributed by atoms with van der Waals surface area (Å²) in [5, 5.41) is 12.0. The van der Waals surface area contributed by atoms with E-state index in [1.807, 2.05) is 32.0 Å². The Bertz CT molecular complexity index is 652. The van der Waals surface area contributed by atoms with Gasteiger partial charge < -0.3 is 0 Å². The van der Waals surface area contributed by atoms with Gasteiger partial charge in [0.2, 0.25) is 11.0 Å². The van der Waals surface area contributed by atoms with E-state index in [0.29, 0.717) is 5.13 Å². The number of rotatable bonds is 4. The Morgan fingerprint density at radius 3 is 2.90 bits per heavy atom. The van der Waals surface area contributed by atoms with Gasteiger partial charge in [0.15, 0.2) is 0 Å². The second-order valence-electron chi connectivity index (χ2n) is 4.20. The Labute approximate surface area is 130 Å². The predicted molar refractivity (Wildman–Crippen MR) is 85.8 cm³/mol. The molecule has 4 nitrogen and oxygen atoms in total. The van der Waals surface area contributed by atoms with Crippen LogP contribution in [0.15, 0.2) is 28.7 Å². The molecule has 0 unspecified atom stereocenters. The maximum Gasteiger partial charge on any atom is 0.250 e. The van der Waals surface area contributed by atoms with Crippen LogP contribution in [0.1, 0.15) is 23.1 Å². The zero-order valence-corrected chi connectivity index (χ0v) is 13.6. The number of halogens is 1. The average molecular weight is 352 g/mol. The summed E-state index contributed by atoms with van der Waals surface area (Å²) in [5.41, 5.74) is 2.12. The molecule has 0 bridgehead atoms. The van der Waals surface area contributed by atoms with Crippen LogP contribution in [-0.4, -0.2) is 16.1 Å². The van der Waals surface area contributed by atoms with Gasteiger partial charge >= 0.3 is 0 Å². The zero-order chi connectivity index (χ0) is 14.5. The molecule has 2 rings (SSSR count). The summed E-state index contributed by atoms with van der Waals surface area (Å²) in [7, 11) is 0. The normalized spacial score (nSPS) is 10.9. The van der Waals surface area contributed by atoms with Crippen molar-refractivity contribution in [3.63, 3.8) is 0 Å². The molecule has 0 radical (unpaired) electrons. The Hall–Kier alpha value is -1.53. The van der Waals surface area contributed by atoms with E-state index < -0.39 is 0 Å². The van der Waals surface area contributed by atoms with Gasteiger partial charge in [-0.2, -0.15) is 0 Å². The third kappa shape index (κ3) is 3.98. The van der Waals surface area contributed by atoms with E-state index in [4.69, 9.17) is 0 Å². The fraction of sp³-hybridized carbons (Fsp3) is 0.214. The largest absolute Gasteiger partial charge is 0.297 e. The Kier molecular flexibility index (Phi) is 5.03. The second-order valence-corrected chi connectivity index (χ2v) is 6.12. The zero-order valence-electron chi connectivity index (χ0n) is 11.2. The van der Waals surface area contributed by atoms with Gasteiger partial charge in [0.1, 0.15) is 5.01 Å². The summed E-state index contributed by atoms with van der Waals surface area (Å²) in [6, 6.07) is 5.97. The number of hydrogen-bond donors (Lipinski definition) is 1. The molecule has 1 N–H and O–H groups in total. The molecular weight excluding hydrogens is 338 g/mol. The molecule has 1 heterocycles. The second kappa shape index (κ2) is 6.76. The highest BCUT2D eigenvalue weighted by molar-refractivity contribution is 9.10. The highest BCUT2D eigenvalue weighted by Gasteiger charge is 2.05. The number of carbonyl (C=O) groups is 1. The summed E-state index contributed by atoms with van der Waals surface area (Å²) >= 11 is 4.86. The lowest BCUT2D eigenvalue weighted by Gasteiger charge is -2.00. The van der Waals surface area contributed by atoms with Gasteiger partial charge in [-0.1, -0.05) is 46.3 Å². The maximum absolute atomic E-state index is 11.8. The number of carbonyl (C=O) groups excluding carboxylic acids is 1. The highest BCUT2D eigenvalue weighted by atomic mass is 79.9. The van der Waals surface area contributed by atoms with Crippen LogP contribution in [0.25, 0.3) is 6.08 Å². The van der Waals surface area contributed by atoms with Crippen molar-refractivity contribution >= 4 is 44.4 Å². The van der Waals surface area contributed by atoms with E-state index in [9.17, 15) is 4.79 Å². The van der Waals surface area contributed by atoms with Crippen molar-refractivity contribution in [1.82, 2.24) is 10.2 Å². The molecule has 0 aliphatic rings. The summed E-state index contributed by atoms with van der Waals surface area (Å²) in [6.07, 6.45) is 4.07. The topological polar surface area (TPSA) is 54.9 Å². The number of hydrogen-bond acceptors (Lipinski definition) is 4. The van der Waals surface area contributed by atoms with E-state index in [1.54, 1.807) is 6.08 Å². The average Bonchev–Trinajstić information content (AvgIpc) is 2.85. The van der Waals surface area contributed by atoms with Crippen molar-refractivity contribution in [2.45, 2.75) is 20.3 Å². The van der Waals surface area contributed by atoms with Gasteiger partial charge in [0.25, 0.3) is 0 Å². The van der Waals surface area contributed by atoms with Gasteiger partial charge in [-0.15, -0.1) is 10.2 Å². The lowest BCUT2D eigenvalue weighted by Crippen LogP contribution is -2.07. The minimum absolute atomic E-state index is 0.212. The van der Waals surface area contributed by atoms with Crippen LogP contribution in [0.3, 0.4) is 0 Å². The number of aryl methyl sites for hydroxylation is 2. The molecule has 0 atom stereocenters. The summed E-state index contributed by atoms with van der Waals surface area (Å²) in [5.74, 6) is -0.212. The fourth-order valence-corrected chi connectivity index (χ4v) is 2.83. The molecule has 2 aromatic rings. The van der Waals surface area contributed by atoms with Crippen molar-refractivity contribution in [1.29, 1.82) is 0 Å². The van der Waals surface area contributed by atoms with Gasteiger partial charge in [0, 0.05) is 10.5 Å². The molecule has 104 valence electrons. The molecule has 0 saturated carbocycles. The van der Waals surface area contributed by atoms with Crippen LogP contribution in [0.2, 0.25) is 0 Å². The van der Waals surface area contributed by atoms with E-state index >= 15 is 0 Å². The maximum atomic E-state index is 11.8. The van der Waals surface area contributed by atoms with Crippen LogP contribution >= 0.6 is 27.3 Å². The van der Waals surface area contributed by atoms with Crippen molar-refractivity contribution in [2.24, 2.45) is 0 Å². The lowest BCUT2D eigenvalue weighted by molar-refractivity contribution is -0.111. The van der Waals surface area contributed by atoms with E-state index in [-0.39, 0.29) is 5.91 Å². The van der Waals surface area contributed by atoms with Crippen LogP contribution in [0, 0.1) is 6.92 Å². The smallest absolute Gasteiger partial charge is 0.250 e. The molecule has 20 heavy (non-hydrogen) atoms. The number of nitrogens with zero attached hydrogens (tertiary/aromatic N) is 2. The molecule has 0 aliphatic heterocycles. The number of benzene rings is 1. The molecule has 1 aromatic heterocycles. The minimum Gasteiger partial charge on any atom is -0.297 e. The van der Waals surface area contributed by atoms with E-state index in [1.165, 1.54) is 23.0 Å². The number of amides is 1. The molecule has 0 spiro atoms. The van der Waals surface area contributed by atoms with Gasteiger partial charge in [-0.25, -0.2) is 0 Å². The molecule has 6 heteroatoms. The van der Waals surface area contributed by atoms with Gasteiger partial charge in [0.05, 0.1) is 0 Å². The van der Waals surface area contributed by atoms with Crippen molar-refractivity contribution < 1.29 is 4.79 Å². The van der Waals surface area contributed by atoms with Crippen LogP contribution in [0.4, 0.5) is 5.13 Å². The number of anilines is 1. The minimum atomic E-state index is -0.212. The van der Waals surface area contributed by atoms with Crippen molar-refractivity contribution in [3.05, 3.63) is 44.9 Å². The first-order chi connectivity index (χ1) is 9.58. The fourth-order valence-electron chi connectivity index (χ4n) is 1.53. The Morgan fingerprint density at radius 2 is 2.25 bits per heavy atom. The lowest BCUT2D eigenvalue weighted by atomic mass is 10.1. The monoisotopic (exact) mass is 351 g/mol. The first-order valence-electron chi connectivity index (χ1n) is 6.16. The third-order valence-electron chi connectivity index (χ3n) is 2.57. The SMILES string of the molecule is CCc1nnc(NC(=O)/C=C/c2ccc(C)cc2Br)s1. The molecule has 0 aliphatic carbocycles. The highest BCUT2D eigenvalue weighted by Crippen LogP contribution is 2.20. The molecular formula is C14H14BrN3OS. The molecule has 0 fully saturated rings. The summed E-state index contributed by atoms with van der Waals surface area (Å²) in [6.45, 7) is 4.02. The summed E-state index contributed by atoms with van der Waals surface area (Å²) in [4.78, 5) is 11.8. The van der Waals surface area contributed by atoms with Crippen molar-refractivity contribution in [3.8, 4) is 0 Å². The van der Waals surface area contributed by atoms with Crippen LogP contribution in [0.5, 0.6) is 0 Å². The van der Waals surface area contributed by atoms with Gasteiger partial charge in [-0.3, -0.25) is 10.1 Å². The first-order valence-corrected chi connectivity index (χ1v) is 7.77. The van der Waals surface area contributed by atoms with E-state index in [2.05, 4.69) is 31.4 Å². The van der Waals surface area contributed by atoms with Crippen LogP contribution < -0.4 is 5.32 Å². The number of aromatic nitrogens is 2. The Morgan fingerprint density at radius 1 is 1.45 bits per heavy atom. The van der Waals surface area contributed by atoms with Gasteiger partial charge in [-0.05, 0) is 36.6 Å². The molecule has 1 aromatic carbocycles. The summed E-state index contributed by atoms with van der Waals surface area (Å²) < 4.78 is 0.964. The first kappa shape index (κ1) is 14.9. The Balaban J connectivity index is 2.01. The number of nitrogens with one attached hydrogen (secondary N) is 1. The third-order valence-corrected chi connectivity index (χ3v) is 4.24. The van der Waals surface area contributed by atoms with E-state index in [0.717, 1.165) is 21.5 Å². The molecule has 0 saturated heterocycles. The van der Waals surface area contributed by atoms with Crippen LogP contribution in [-0.2, 0) is 11.2 Å². The standard InChI is InChI=1S/C14H14BrN3OS/c1-3-13-17-18-14(20-13)16-12(19)7-6-10-5-4-9(2)8-11(10)15/h4-8H,3H2,1-2H3,(H,16,18,19)/b7-6+. The molecule has 1 amide bonds. The van der Waals surface area contributed by atoms with Crippen molar-refractivity contribution in [2.75, 3.05) is 5.32 Å².